The Labute approximate surface area is 187 Å². The lowest BCUT2D eigenvalue weighted by Gasteiger charge is -2.34. The zero-order valence-corrected chi connectivity index (χ0v) is 17.5. The monoisotopic (exact) mass is 455 g/mol. The highest BCUT2D eigenvalue weighted by molar-refractivity contribution is 6.00. The number of fused-ring (bicyclic) bond motifs is 1. The first-order valence-electron chi connectivity index (χ1n) is 10.5. The second-order valence-corrected chi connectivity index (χ2v) is 7.85. The molecular formula is C23H20F3N5O2. The lowest BCUT2D eigenvalue weighted by Crippen LogP contribution is -2.48. The van der Waals surface area contributed by atoms with Gasteiger partial charge in [-0.1, -0.05) is 30.3 Å². The van der Waals surface area contributed by atoms with E-state index in [4.69, 9.17) is 4.42 Å². The van der Waals surface area contributed by atoms with Gasteiger partial charge in [-0.15, -0.1) is 0 Å². The fourth-order valence-electron chi connectivity index (χ4n) is 3.99. The Morgan fingerprint density at radius 2 is 1.79 bits per heavy atom. The molecule has 33 heavy (non-hydrogen) atoms. The number of hydrogen-bond donors (Lipinski definition) is 0. The Kier molecular flexibility index (Phi) is 5.37. The number of aromatic nitrogens is 3. The van der Waals surface area contributed by atoms with E-state index in [0.29, 0.717) is 30.7 Å². The predicted octanol–water partition coefficient (Wildman–Crippen LogP) is 3.97. The molecule has 3 aromatic heterocycles. The van der Waals surface area contributed by atoms with Gasteiger partial charge in [-0.3, -0.25) is 9.69 Å². The standard InChI is InChI=1S/C23H20F3N5O2/c24-23(25,26)20-13-18(19-7-4-12-33-19)28-21-17(14-27-31(20)21)22(32)30-10-8-29(9-11-30)15-16-5-2-1-3-6-16/h1-7,12-14H,8-11,15H2. The highest BCUT2D eigenvalue weighted by Gasteiger charge is 2.36. The van der Waals surface area contributed by atoms with Crippen LogP contribution in [-0.2, 0) is 12.7 Å². The van der Waals surface area contributed by atoms with Crippen LogP contribution in [-0.4, -0.2) is 56.5 Å². The highest BCUT2D eigenvalue weighted by atomic mass is 19.4. The van der Waals surface area contributed by atoms with Crippen LogP contribution in [0.4, 0.5) is 13.2 Å². The molecule has 0 N–H and O–H groups in total. The quantitative estimate of drug-likeness (QED) is 0.466. The van der Waals surface area contributed by atoms with Crippen molar-refractivity contribution < 1.29 is 22.4 Å². The van der Waals surface area contributed by atoms with Crippen molar-refractivity contribution in [1.29, 1.82) is 0 Å². The third kappa shape index (κ3) is 4.21. The summed E-state index contributed by atoms with van der Waals surface area (Å²) in [6.07, 6.45) is -2.17. The molecule has 0 aliphatic carbocycles. The van der Waals surface area contributed by atoms with Gasteiger partial charge in [0, 0.05) is 32.7 Å². The Hall–Kier alpha value is -3.66. The molecule has 1 saturated heterocycles. The van der Waals surface area contributed by atoms with Gasteiger partial charge in [0.05, 0.1) is 12.5 Å². The van der Waals surface area contributed by atoms with Crippen LogP contribution in [0.1, 0.15) is 21.6 Å². The zero-order valence-electron chi connectivity index (χ0n) is 17.5. The minimum atomic E-state index is -4.68. The average Bonchev–Trinajstić information content (AvgIpc) is 3.49. The van der Waals surface area contributed by atoms with E-state index in [-0.39, 0.29) is 28.6 Å². The Morgan fingerprint density at radius 3 is 2.45 bits per heavy atom. The van der Waals surface area contributed by atoms with Crippen LogP contribution in [0, 0.1) is 0 Å². The normalized spacial score (nSPS) is 15.3. The minimum Gasteiger partial charge on any atom is -0.463 e. The van der Waals surface area contributed by atoms with Crippen LogP contribution in [0.15, 0.2) is 65.4 Å². The van der Waals surface area contributed by atoms with Crippen LogP contribution >= 0.6 is 0 Å². The van der Waals surface area contributed by atoms with Crippen LogP contribution in [0.2, 0.25) is 0 Å². The molecule has 4 aromatic rings. The van der Waals surface area contributed by atoms with Crippen molar-refractivity contribution >= 4 is 11.6 Å². The fraction of sp³-hybridized carbons (Fsp3) is 0.261. The van der Waals surface area contributed by atoms with Crippen LogP contribution in [0.25, 0.3) is 17.1 Å². The Bertz CT molecular complexity index is 1260. The molecule has 1 aliphatic heterocycles. The van der Waals surface area contributed by atoms with Crippen molar-refractivity contribution in [1.82, 2.24) is 24.4 Å². The van der Waals surface area contributed by atoms with E-state index in [1.54, 1.807) is 11.0 Å². The number of carbonyl (C=O) groups is 1. The van der Waals surface area contributed by atoms with Crippen molar-refractivity contribution in [2.45, 2.75) is 12.7 Å². The number of benzene rings is 1. The van der Waals surface area contributed by atoms with E-state index in [9.17, 15) is 18.0 Å². The van der Waals surface area contributed by atoms with Gasteiger partial charge < -0.3 is 9.32 Å². The first-order chi connectivity index (χ1) is 15.9. The summed E-state index contributed by atoms with van der Waals surface area (Å²) in [4.78, 5) is 21.4. The second-order valence-electron chi connectivity index (χ2n) is 7.85. The van der Waals surface area contributed by atoms with Gasteiger partial charge in [0.2, 0.25) is 0 Å². The molecule has 1 amide bonds. The van der Waals surface area contributed by atoms with Gasteiger partial charge in [0.15, 0.2) is 17.1 Å². The first-order valence-corrected chi connectivity index (χ1v) is 10.5. The van der Waals surface area contributed by atoms with E-state index in [1.165, 1.54) is 17.9 Å². The number of piperazine rings is 1. The van der Waals surface area contributed by atoms with E-state index in [0.717, 1.165) is 18.8 Å². The minimum absolute atomic E-state index is 0.0120. The molecule has 0 saturated carbocycles. The fourth-order valence-corrected chi connectivity index (χ4v) is 3.99. The van der Waals surface area contributed by atoms with Crippen LogP contribution in [0.3, 0.4) is 0 Å². The lowest BCUT2D eigenvalue weighted by atomic mass is 10.2. The number of nitrogens with zero attached hydrogens (tertiary/aromatic N) is 5. The molecule has 10 heteroatoms. The van der Waals surface area contributed by atoms with Crippen molar-refractivity contribution in [2.24, 2.45) is 0 Å². The number of furan rings is 1. The summed E-state index contributed by atoms with van der Waals surface area (Å²) >= 11 is 0. The van der Waals surface area contributed by atoms with Crippen LogP contribution < -0.4 is 0 Å². The summed E-state index contributed by atoms with van der Waals surface area (Å²) in [6, 6.07) is 14.0. The summed E-state index contributed by atoms with van der Waals surface area (Å²) in [5.74, 6) is -0.210. The maximum absolute atomic E-state index is 13.7. The zero-order chi connectivity index (χ0) is 23.0. The molecule has 1 aliphatic rings. The molecule has 1 aromatic carbocycles. The molecular weight excluding hydrogens is 435 g/mol. The number of hydrogen-bond acceptors (Lipinski definition) is 5. The number of halogens is 3. The molecule has 0 bridgehead atoms. The maximum Gasteiger partial charge on any atom is 0.433 e. The van der Waals surface area contributed by atoms with Crippen LogP contribution in [0.5, 0.6) is 0 Å². The number of rotatable bonds is 4. The summed E-state index contributed by atoms with van der Waals surface area (Å²) < 4.78 is 47.0. The van der Waals surface area contributed by atoms with E-state index in [1.807, 2.05) is 18.2 Å². The summed E-state index contributed by atoms with van der Waals surface area (Å²) in [6.45, 7) is 3.04. The van der Waals surface area contributed by atoms with E-state index < -0.39 is 11.9 Å². The molecule has 7 nitrogen and oxygen atoms in total. The van der Waals surface area contributed by atoms with Crippen molar-refractivity contribution in [2.75, 3.05) is 26.2 Å². The first kappa shape index (κ1) is 21.2. The van der Waals surface area contributed by atoms with Gasteiger partial charge in [0.25, 0.3) is 5.91 Å². The maximum atomic E-state index is 13.7. The Morgan fingerprint density at radius 1 is 1.03 bits per heavy atom. The smallest absolute Gasteiger partial charge is 0.433 e. The van der Waals surface area contributed by atoms with Gasteiger partial charge in [-0.25, -0.2) is 9.50 Å². The van der Waals surface area contributed by atoms with E-state index >= 15 is 0 Å². The highest BCUT2D eigenvalue weighted by Crippen LogP contribution is 2.33. The van der Waals surface area contributed by atoms with E-state index in [2.05, 4.69) is 27.1 Å². The molecule has 170 valence electrons. The third-order valence-corrected chi connectivity index (χ3v) is 5.67. The topological polar surface area (TPSA) is 66.9 Å². The van der Waals surface area contributed by atoms with Gasteiger partial charge in [0.1, 0.15) is 11.3 Å². The summed E-state index contributed by atoms with van der Waals surface area (Å²) in [7, 11) is 0. The number of amides is 1. The molecule has 4 heterocycles. The third-order valence-electron chi connectivity index (χ3n) is 5.67. The van der Waals surface area contributed by atoms with Crippen molar-refractivity contribution in [3.05, 3.63) is 77.8 Å². The molecule has 1 fully saturated rings. The lowest BCUT2D eigenvalue weighted by molar-refractivity contribution is -0.142. The van der Waals surface area contributed by atoms with Crippen molar-refractivity contribution in [3.63, 3.8) is 0 Å². The SMILES string of the molecule is O=C(c1cnn2c(C(F)(F)F)cc(-c3ccco3)nc12)N1CCN(Cc2ccccc2)CC1. The number of alkyl halides is 3. The molecule has 5 rings (SSSR count). The molecule has 0 unspecified atom stereocenters. The summed E-state index contributed by atoms with van der Waals surface area (Å²) in [5.41, 5.74) is 0.0419. The molecule has 0 atom stereocenters. The van der Waals surface area contributed by atoms with Gasteiger partial charge in [-0.05, 0) is 23.8 Å². The second kappa shape index (κ2) is 8.36. The Balaban J connectivity index is 1.41. The van der Waals surface area contributed by atoms with Crippen molar-refractivity contribution in [3.8, 4) is 11.5 Å². The van der Waals surface area contributed by atoms with Gasteiger partial charge in [-0.2, -0.15) is 18.3 Å². The van der Waals surface area contributed by atoms with Gasteiger partial charge >= 0.3 is 6.18 Å². The molecule has 0 radical (unpaired) electrons. The largest absolute Gasteiger partial charge is 0.463 e. The molecule has 0 spiro atoms. The number of carbonyl (C=O) groups excluding carboxylic acids is 1. The average molecular weight is 455 g/mol. The predicted molar refractivity (Wildman–Crippen MR) is 113 cm³/mol. The summed E-state index contributed by atoms with van der Waals surface area (Å²) in [5, 5.41) is 3.84.